The molecule has 1 atom stereocenters. The molecule has 0 aliphatic carbocycles. The Morgan fingerprint density at radius 1 is 0.718 bits per heavy atom. The molecule has 3 aromatic carbocycles. The van der Waals surface area contributed by atoms with Crippen molar-refractivity contribution in [2.45, 2.75) is 41.5 Å². The van der Waals surface area contributed by atoms with E-state index in [1.165, 1.54) is 5.57 Å². The van der Waals surface area contributed by atoms with Crippen LogP contribution in [0.4, 0.5) is 8.63 Å². The largest absolute Gasteiger partial charge is 0.692 e. The second-order valence-electron chi connectivity index (χ2n) is 9.92. The molecule has 0 spiro atoms. The molecule has 0 aromatic heterocycles. The highest BCUT2D eigenvalue weighted by molar-refractivity contribution is 6.43. The first kappa shape index (κ1) is 29.7. The number of benzene rings is 3. The van der Waals surface area contributed by atoms with E-state index in [-0.39, 0.29) is 5.92 Å². The Hall–Kier alpha value is -3.86. The average molecular weight is 522 g/mol. The van der Waals surface area contributed by atoms with Gasteiger partial charge < -0.3 is 0 Å². The lowest BCUT2D eigenvalue weighted by atomic mass is 9.81. The summed E-state index contributed by atoms with van der Waals surface area (Å²) in [5.74, 6) is 0.0482. The number of hydrogen-bond acceptors (Lipinski definition) is 2. The second kappa shape index (κ2) is 13.8. The van der Waals surface area contributed by atoms with Crippen molar-refractivity contribution in [3.05, 3.63) is 113 Å². The van der Waals surface area contributed by atoms with E-state index in [1.807, 2.05) is 50.2 Å². The van der Waals surface area contributed by atoms with Gasteiger partial charge in [-0.05, 0) is 110 Å². The van der Waals surface area contributed by atoms with Crippen molar-refractivity contribution in [3.63, 3.8) is 0 Å². The molecular weight excluding hydrogens is 485 g/mol. The van der Waals surface area contributed by atoms with Gasteiger partial charge in [0.15, 0.2) is 0 Å². The van der Waals surface area contributed by atoms with E-state index in [0.29, 0.717) is 5.71 Å². The Morgan fingerprint density at radius 3 is 1.69 bits per heavy atom. The van der Waals surface area contributed by atoms with E-state index in [9.17, 15) is 8.63 Å². The Morgan fingerprint density at radius 2 is 1.23 bits per heavy atom. The number of halogens is 2. The topological polar surface area (TPSA) is 24.7 Å². The maximum atomic E-state index is 12.9. The molecule has 2 nitrogen and oxygen atoms in total. The molecule has 0 aliphatic heterocycles. The molecule has 0 N–H and O–H groups in total. The highest BCUT2D eigenvalue weighted by Crippen LogP contribution is 2.38. The van der Waals surface area contributed by atoms with Gasteiger partial charge in [0.2, 0.25) is 0 Å². The van der Waals surface area contributed by atoms with E-state index in [4.69, 9.17) is 0 Å². The van der Waals surface area contributed by atoms with Crippen LogP contribution in [0.2, 0.25) is 0 Å². The summed E-state index contributed by atoms with van der Waals surface area (Å²) in [7, 11) is -0.937. The quantitative estimate of drug-likeness (QED) is 0.152. The first-order chi connectivity index (χ1) is 18.6. The lowest BCUT2D eigenvalue weighted by Crippen LogP contribution is -2.07. The van der Waals surface area contributed by atoms with Gasteiger partial charge in [0, 0.05) is 24.4 Å². The van der Waals surface area contributed by atoms with Gasteiger partial charge in [0.05, 0.1) is 0 Å². The maximum absolute atomic E-state index is 12.9. The Balaban J connectivity index is 2.34. The minimum Gasteiger partial charge on any atom is -0.293 e. The molecule has 0 saturated carbocycles. The monoisotopic (exact) mass is 522 g/mol. The van der Waals surface area contributed by atoms with Crippen molar-refractivity contribution in [1.82, 2.24) is 0 Å². The number of hydrogen-bond donors (Lipinski definition) is 0. The van der Waals surface area contributed by atoms with Gasteiger partial charge in [-0.15, -0.1) is 0 Å². The molecule has 3 rings (SSSR count). The number of rotatable bonds is 9. The molecule has 0 fully saturated rings. The summed E-state index contributed by atoms with van der Waals surface area (Å²) in [5.41, 5.74) is 11.1. The zero-order valence-corrected chi connectivity index (χ0v) is 24.0. The maximum Gasteiger partial charge on any atom is 0.692 e. The molecule has 1 unspecified atom stereocenters. The van der Waals surface area contributed by atoms with Crippen LogP contribution in [-0.4, -0.2) is 25.9 Å². The zero-order valence-electron chi connectivity index (χ0n) is 24.0. The number of aliphatic imine (C=N–C) groups is 1. The summed E-state index contributed by atoms with van der Waals surface area (Å²) in [6.07, 6.45) is 3.85. The fraction of sp³-hybridized carbons (Fsp3) is 0.235. The molecule has 0 amide bonds. The molecule has 0 aliphatic rings. The van der Waals surface area contributed by atoms with Gasteiger partial charge in [-0.25, -0.2) is 0 Å². The van der Waals surface area contributed by atoms with Crippen LogP contribution in [0, 0.1) is 5.92 Å². The Bertz CT molecular complexity index is 1370. The predicted molar refractivity (Wildman–Crippen MR) is 167 cm³/mol. The van der Waals surface area contributed by atoms with Crippen LogP contribution in [0.25, 0.3) is 27.8 Å². The average Bonchev–Trinajstić information content (AvgIpc) is 2.93. The molecule has 0 heterocycles. The van der Waals surface area contributed by atoms with Crippen LogP contribution in [0.15, 0.2) is 118 Å². The van der Waals surface area contributed by atoms with Crippen molar-refractivity contribution in [1.29, 1.82) is 0 Å². The standard InChI is InChI=1S/C34H37BF2N2/c1-23(18-25(3)38-7)27(5)34(28(6)24(2)19-26(4)39-35(36)37)33-21-31(29-14-10-8-11-15-29)20-32(22-33)30-16-12-9-13-17-30/h8-22,27H,1-7H3/b23-18-,24-19-,34-28-,38-25?,39-26?. The summed E-state index contributed by atoms with van der Waals surface area (Å²) < 4.78 is 25.8. The molecule has 0 bridgehead atoms. The van der Waals surface area contributed by atoms with E-state index in [0.717, 1.165) is 50.2 Å². The van der Waals surface area contributed by atoms with Crippen LogP contribution >= 0.6 is 0 Å². The van der Waals surface area contributed by atoms with Crippen molar-refractivity contribution < 1.29 is 8.63 Å². The molecule has 5 heteroatoms. The lowest BCUT2D eigenvalue weighted by molar-refractivity contribution is 0.662. The highest BCUT2D eigenvalue weighted by atomic mass is 19.2. The van der Waals surface area contributed by atoms with Crippen molar-refractivity contribution in [2.75, 3.05) is 7.05 Å². The van der Waals surface area contributed by atoms with Gasteiger partial charge in [0.1, 0.15) is 0 Å². The zero-order chi connectivity index (χ0) is 28.5. The first-order valence-electron chi connectivity index (χ1n) is 13.2. The van der Waals surface area contributed by atoms with Crippen LogP contribution in [0.5, 0.6) is 0 Å². The number of allylic oxidation sites excluding steroid dienone is 6. The van der Waals surface area contributed by atoms with E-state index < -0.39 is 7.40 Å². The van der Waals surface area contributed by atoms with Crippen molar-refractivity contribution in [3.8, 4) is 22.3 Å². The molecular formula is C34H37BF2N2. The minimum atomic E-state index is -2.73. The van der Waals surface area contributed by atoms with Crippen LogP contribution < -0.4 is 0 Å². The summed E-state index contributed by atoms with van der Waals surface area (Å²) in [4.78, 5) is 7.75. The predicted octanol–water partition coefficient (Wildman–Crippen LogP) is 9.80. The third kappa shape index (κ3) is 8.06. The molecule has 3 aromatic rings. The molecule has 39 heavy (non-hydrogen) atoms. The Kier molecular flexibility index (Phi) is 10.5. The van der Waals surface area contributed by atoms with Crippen LogP contribution in [0.3, 0.4) is 0 Å². The minimum absolute atomic E-state index is 0.0482. The van der Waals surface area contributed by atoms with E-state index >= 15 is 0 Å². The summed E-state index contributed by atoms with van der Waals surface area (Å²) in [6, 6.07) is 27.4. The van der Waals surface area contributed by atoms with Gasteiger partial charge in [-0.2, -0.15) is 0 Å². The van der Waals surface area contributed by atoms with Gasteiger partial charge in [-0.1, -0.05) is 73.2 Å². The lowest BCUT2D eigenvalue weighted by Gasteiger charge is -2.23. The smallest absolute Gasteiger partial charge is 0.293 e. The number of nitrogens with zero attached hydrogens (tertiary/aromatic N) is 2. The molecule has 200 valence electrons. The summed E-state index contributed by atoms with van der Waals surface area (Å²) >= 11 is 0. The Labute approximate surface area is 232 Å². The van der Waals surface area contributed by atoms with Gasteiger partial charge in [-0.3, -0.25) is 18.5 Å². The SMILES string of the molecule is CN=C(C)/C=C(/C)C(C)/C(=C(C)/C(C)=C\C(C)=NB(F)F)c1cc(-c2ccccc2)cc(-c2ccccc2)c1. The van der Waals surface area contributed by atoms with Crippen molar-refractivity contribution >= 4 is 24.4 Å². The fourth-order valence-electron chi connectivity index (χ4n) is 4.74. The van der Waals surface area contributed by atoms with E-state index in [2.05, 4.69) is 79.2 Å². The highest BCUT2D eigenvalue weighted by Gasteiger charge is 2.19. The first-order valence-corrected chi connectivity index (χ1v) is 13.2. The molecule has 0 radical (unpaired) electrons. The van der Waals surface area contributed by atoms with Gasteiger partial charge in [0.25, 0.3) is 0 Å². The van der Waals surface area contributed by atoms with Crippen LogP contribution in [-0.2, 0) is 0 Å². The summed E-state index contributed by atoms with van der Waals surface area (Å²) in [5, 5.41) is 0. The second-order valence-corrected chi connectivity index (χ2v) is 9.92. The third-order valence-electron chi connectivity index (χ3n) is 7.09. The summed E-state index contributed by atoms with van der Waals surface area (Å²) in [6.45, 7) is 11.9. The molecule has 0 saturated heterocycles. The van der Waals surface area contributed by atoms with Crippen molar-refractivity contribution in [2.24, 2.45) is 15.8 Å². The fourth-order valence-corrected chi connectivity index (χ4v) is 4.74. The normalized spacial score (nSPS) is 14.7. The van der Waals surface area contributed by atoms with E-state index in [1.54, 1.807) is 20.0 Å². The third-order valence-corrected chi connectivity index (χ3v) is 7.09. The van der Waals surface area contributed by atoms with Gasteiger partial charge >= 0.3 is 7.40 Å². The van der Waals surface area contributed by atoms with Crippen LogP contribution in [0.1, 0.15) is 47.1 Å².